The number of hydrogen-bond acceptors (Lipinski definition) is 7. The fourth-order valence-corrected chi connectivity index (χ4v) is 6.82. The van der Waals surface area contributed by atoms with Crippen molar-refractivity contribution in [1.29, 1.82) is 0 Å². The largest absolute Gasteiger partial charge is 0.463 e. The lowest BCUT2D eigenvalue weighted by Crippen LogP contribution is -2.40. The van der Waals surface area contributed by atoms with E-state index in [-0.39, 0.29) is 12.0 Å². The van der Waals surface area contributed by atoms with Crippen LogP contribution in [-0.2, 0) is 24.0 Å². The first kappa shape index (κ1) is 28.4. The van der Waals surface area contributed by atoms with E-state index in [0.717, 1.165) is 26.7 Å². The molecule has 0 fully saturated rings. The second-order valence-electron chi connectivity index (χ2n) is 9.92. The summed E-state index contributed by atoms with van der Waals surface area (Å²) in [7, 11) is -0.960. The van der Waals surface area contributed by atoms with E-state index in [2.05, 4.69) is 20.9 Å². The van der Waals surface area contributed by atoms with E-state index in [1.165, 1.54) is 18.3 Å². The summed E-state index contributed by atoms with van der Waals surface area (Å²) in [5.74, 6) is 3.80. The molecular weight excluding hydrogens is 508 g/mol. The zero-order chi connectivity index (χ0) is 27.4. The third-order valence-electron chi connectivity index (χ3n) is 5.27. The number of thiazole rings is 1. The standard InChI is InChI=1S/C27H34N4O4S2/c1-18(35-17-32)16-31(6)22-11-8-20(9-12-22)26-28-15-24(36-26)23-13-10-21(29-19(2)33)14-25(23)37(7,34)30-27(3,4)5/h8-15,17-18H,7,16H2,1-6H3,(H,29,33)(H,30,34). The van der Waals surface area contributed by atoms with Crippen molar-refractivity contribution in [1.82, 2.24) is 9.71 Å². The van der Waals surface area contributed by atoms with E-state index in [1.807, 2.05) is 70.0 Å². The van der Waals surface area contributed by atoms with Crippen LogP contribution in [0.2, 0.25) is 0 Å². The molecule has 0 aliphatic rings. The summed E-state index contributed by atoms with van der Waals surface area (Å²) in [6, 6.07) is 13.3. The second-order valence-corrected chi connectivity index (χ2v) is 12.9. The predicted octanol–water partition coefficient (Wildman–Crippen LogP) is 4.81. The van der Waals surface area contributed by atoms with Gasteiger partial charge >= 0.3 is 0 Å². The van der Waals surface area contributed by atoms with Crippen LogP contribution in [0.25, 0.3) is 21.0 Å². The van der Waals surface area contributed by atoms with Gasteiger partial charge in [0.15, 0.2) is 0 Å². The number of ether oxygens (including phenoxy) is 1. The Labute approximate surface area is 223 Å². The molecule has 0 bridgehead atoms. The molecule has 1 aromatic heterocycles. The average molecular weight is 543 g/mol. The minimum Gasteiger partial charge on any atom is -0.463 e. The van der Waals surface area contributed by atoms with Crippen molar-refractivity contribution in [2.24, 2.45) is 0 Å². The molecule has 2 aromatic carbocycles. The SMILES string of the molecule is C=S(=O)(NC(C)(C)C)c1cc(NC(C)=O)ccc1-c1cnc(-c2ccc(N(C)CC(C)OC=O)cc2)s1. The van der Waals surface area contributed by atoms with Gasteiger partial charge in [-0.2, -0.15) is 0 Å². The Morgan fingerprint density at radius 2 is 1.92 bits per heavy atom. The van der Waals surface area contributed by atoms with Crippen molar-refractivity contribution < 1.29 is 18.5 Å². The van der Waals surface area contributed by atoms with E-state index >= 15 is 0 Å². The number of benzene rings is 2. The molecular formula is C27H34N4O4S2. The number of anilines is 2. The van der Waals surface area contributed by atoms with Gasteiger partial charge in [-0.1, -0.05) is 6.07 Å². The Morgan fingerprint density at radius 1 is 1.24 bits per heavy atom. The molecule has 1 amide bonds. The second kappa shape index (κ2) is 11.5. The molecule has 3 rings (SSSR count). The van der Waals surface area contributed by atoms with Crippen LogP contribution in [-0.4, -0.2) is 52.7 Å². The van der Waals surface area contributed by atoms with Gasteiger partial charge in [-0.25, -0.2) is 13.9 Å². The Balaban J connectivity index is 1.93. The third kappa shape index (κ3) is 7.64. The molecule has 8 nitrogen and oxygen atoms in total. The fourth-order valence-electron chi connectivity index (χ4n) is 3.85. The molecule has 37 heavy (non-hydrogen) atoms. The van der Waals surface area contributed by atoms with Crippen molar-refractivity contribution in [2.75, 3.05) is 23.8 Å². The summed E-state index contributed by atoms with van der Waals surface area (Å²) in [6.07, 6.45) is 1.55. The van der Waals surface area contributed by atoms with Crippen molar-refractivity contribution in [3.05, 3.63) is 48.7 Å². The number of aromatic nitrogens is 1. The first-order valence-corrected chi connectivity index (χ1v) is 14.3. The summed E-state index contributed by atoms with van der Waals surface area (Å²) in [4.78, 5) is 30.2. The summed E-state index contributed by atoms with van der Waals surface area (Å²) >= 11 is 1.49. The number of carbonyl (C=O) groups is 2. The Bertz CT molecular complexity index is 1360. The van der Waals surface area contributed by atoms with Gasteiger partial charge in [-0.15, -0.1) is 11.3 Å². The topological polar surface area (TPSA) is 101 Å². The van der Waals surface area contributed by atoms with Gasteiger partial charge in [0.1, 0.15) is 11.1 Å². The molecule has 198 valence electrons. The maximum atomic E-state index is 13.7. The summed E-state index contributed by atoms with van der Waals surface area (Å²) in [5, 5.41) is 3.58. The minimum absolute atomic E-state index is 0.210. The molecule has 2 atom stereocenters. The number of rotatable bonds is 10. The van der Waals surface area contributed by atoms with E-state index in [0.29, 0.717) is 23.6 Å². The average Bonchev–Trinajstić information content (AvgIpc) is 3.27. The van der Waals surface area contributed by atoms with Gasteiger partial charge in [0.25, 0.3) is 6.47 Å². The van der Waals surface area contributed by atoms with Crippen molar-refractivity contribution >= 4 is 50.7 Å². The fraction of sp³-hybridized carbons (Fsp3) is 0.333. The number of nitrogens with zero attached hydrogens (tertiary/aromatic N) is 2. The maximum absolute atomic E-state index is 13.7. The summed E-state index contributed by atoms with van der Waals surface area (Å²) in [6.45, 7) is 10.1. The van der Waals surface area contributed by atoms with Gasteiger partial charge in [0.05, 0.1) is 26.0 Å². The first-order valence-electron chi connectivity index (χ1n) is 11.7. The lowest BCUT2D eigenvalue weighted by Gasteiger charge is -2.25. The van der Waals surface area contributed by atoms with Crippen LogP contribution in [0, 0.1) is 0 Å². The van der Waals surface area contributed by atoms with Crippen LogP contribution in [0.1, 0.15) is 34.6 Å². The number of hydrogen-bond donors (Lipinski definition) is 2. The number of likely N-dealkylation sites (N-methyl/N-ethyl adjacent to an activating group) is 1. The molecule has 0 radical (unpaired) electrons. The monoisotopic (exact) mass is 542 g/mol. The highest BCUT2D eigenvalue weighted by Crippen LogP contribution is 2.37. The molecule has 0 saturated carbocycles. The van der Waals surface area contributed by atoms with Crippen LogP contribution >= 0.6 is 11.3 Å². The lowest BCUT2D eigenvalue weighted by molar-refractivity contribution is -0.132. The quantitative estimate of drug-likeness (QED) is 0.282. The minimum atomic E-state index is -2.90. The van der Waals surface area contributed by atoms with Gasteiger partial charge in [0.2, 0.25) is 5.91 Å². The van der Waals surface area contributed by atoms with Gasteiger partial charge in [0, 0.05) is 48.2 Å². The number of carbonyl (C=O) groups excluding carboxylic acids is 2. The van der Waals surface area contributed by atoms with Gasteiger partial charge in [-0.3, -0.25) is 9.59 Å². The Hall–Kier alpha value is -3.21. The van der Waals surface area contributed by atoms with E-state index < -0.39 is 15.2 Å². The van der Waals surface area contributed by atoms with Gasteiger partial charge in [-0.05, 0) is 70.0 Å². The molecule has 0 aliphatic heterocycles. The van der Waals surface area contributed by atoms with Crippen molar-refractivity contribution in [2.45, 2.75) is 51.2 Å². The Morgan fingerprint density at radius 3 is 2.51 bits per heavy atom. The van der Waals surface area contributed by atoms with Crippen LogP contribution in [0.3, 0.4) is 0 Å². The summed E-state index contributed by atoms with van der Waals surface area (Å²) in [5.41, 5.74) is 2.80. The van der Waals surface area contributed by atoms with E-state index in [4.69, 9.17) is 4.74 Å². The predicted molar refractivity (Wildman–Crippen MR) is 154 cm³/mol. The highest BCUT2D eigenvalue weighted by molar-refractivity contribution is 7.98. The van der Waals surface area contributed by atoms with E-state index in [9.17, 15) is 13.8 Å². The Kier molecular flexibility index (Phi) is 8.78. The molecule has 2 N–H and O–H groups in total. The number of nitrogens with one attached hydrogen (secondary N) is 2. The van der Waals surface area contributed by atoms with Gasteiger partial charge < -0.3 is 15.0 Å². The highest BCUT2D eigenvalue weighted by Gasteiger charge is 2.22. The zero-order valence-electron chi connectivity index (χ0n) is 22.0. The van der Waals surface area contributed by atoms with Crippen LogP contribution in [0.4, 0.5) is 11.4 Å². The summed E-state index contributed by atoms with van der Waals surface area (Å²) < 4.78 is 21.9. The molecule has 10 heteroatoms. The molecule has 0 saturated heterocycles. The van der Waals surface area contributed by atoms with E-state index in [1.54, 1.807) is 18.3 Å². The smallest absolute Gasteiger partial charge is 0.293 e. The number of amides is 1. The third-order valence-corrected chi connectivity index (χ3v) is 8.34. The lowest BCUT2D eigenvalue weighted by atomic mass is 10.1. The zero-order valence-corrected chi connectivity index (χ0v) is 23.7. The van der Waals surface area contributed by atoms with Crippen LogP contribution in [0.15, 0.2) is 53.6 Å². The molecule has 3 aromatic rings. The van der Waals surface area contributed by atoms with Crippen LogP contribution in [0.5, 0.6) is 0 Å². The maximum Gasteiger partial charge on any atom is 0.293 e. The van der Waals surface area contributed by atoms with Crippen molar-refractivity contribution in [3.63, 3.8) is 0 Å². The van der Waals surface area contributed by atoms with Crippen molar-refractivity contribution in [3.8, 4) is 21.0 Å². The normalized spacial score (nSPS) is 13.9. The molecule has 0 spiro atoms. The van der Waals surface area contributed by atoms with Crippen LogP contribution < -0.4 is 14.9 Å². The highest BCUT2D eigenvalue weighted by atomic mass is 32.2. The molecule has 2 unspecified atom stereocenters. The molecule has 0 aliphatic carbocycles. The first-order chi connectivity index (χ1) is 17.3. The molecule has 1 heterocycles.